The van der Waals surface area contributed by atoms with Gasteiger partial charge >= 0.3 is 0 Å². The maximum atomic E-state index is 12.6. The SMILES string of the molecule is O=C(CN1NS(=O)(=O)c2ccccc2C1=O)Nc1ccccc1Sc1ccc(Cl)cc1. The number of anilines is 1. The van der Waals surface area contributed by atoms with Gasteiger partial charge in [0.05, 0.1) is 16.1 Å². The number of benzene rings is 3. The summed E-state index contributed by atoms with van der Waals surface area (Å²) in [7, 11) is -3.93. The quantitative estimate of drug-likeness (QED) is 0.588. The molecule has 2 amide bonds. The van der Waals surface area contributed by atoms with Crippen LogP contribution in [0.4, 0.5) is 5.69 Å². The highest BCUT2D eigenvalue weighted by atomic mass is 35.5. The van der Waals surface area contributed by atoms with E-state index in [0.29, 0.717) is 10.7 Å². The molecule has 0 atom stereocenters. The maximum Gasteiger partial charge on any atom is 0.270 e. The molecule has 158 valence electrons. The van der Waals surface area contributed by atoms with Gasteiger partial charge in [0.2, 0.25) is 5.91 Å². The maximum absolute atomic E-state index is 12.6. The number of nitrogens with zero attached hydrogens (tertiary/aromatic N) is 1. The first-order valence-corrected chi connectivity index (χ1v) is 11.8. The topological polar surface area (TPSA) is 95.6 Å². The molecule has 0 bridgehead atoms. The van der Waals surface area contributed by atoms with Crippen molar-refractivity contribution < 1.29 is 18.0 Å². The van der Waals surface area contributed by atoms with Crippen LogP contribution in [-0.2, 0) is 14.8 Å². The standard InChI is InChI=1S/C21H16ClN3O4S2/c22-14-9-11-15(12-10-14)30-18-7-3-2-6-17(18)23-20(26)13-25-21(27)16-5-1-4-8-19(16)31(28,29)24-25/h1-12,24H,13H2,(H,23,26). The summed E-state index contributed by atoms with van der Waals surface area (Å²) in [5, 5.41) is 4.17. The number of sulfonamides is 1. The van der Waals surface area contributed by atoms with Gasteiger partial charge in [-0.15, -0.1) is 4.83 Å². The molecule has 1 aliphatic heterocycles. The van der Waals surface area contributed by atoms with Gasteiger partial charge in [0.1, 0.15) is 6.54 Å². The average molecular weight is 474 g/mol. The van der Waals surface area contributed by atoms with Crippen LogP contribution in [0.5, 0.6) is 0 Å². The van der Waals surface area contributed by atoms with Crippen molar-refractivity contribution in [3.63, 3.8) is 0 Å². The van der Waals surface area contributed by atoms with Crippen molar-refractivity contribution in [1.82, 2.24) is 9.84 Å². The first-order chi connectivity index (χ1) is 14.8. The molecule has 0 unspecified atom stereocenters. The van der Waals surface area contributed by atoms with Crippen molar-refractivity contribution >= 4 is 50.9 Å². The van der Waals surface area contributed by atoms with Crippen LogP contribution >= 0.6 is 23.4 Å². The number of hydrogen-bond donors (Lipinski definition) is 2. The summed E-state index contributed by atoms with van der Waals surface area (Å²) < 4.78 is 24.8. The number of amides is 2. The molecule has 0 saturated carbocycles. The summed E-state index contributed by atoms with van der Waals surface area (Å²) in [5.41, 5.74) is 0.563. The molecule has 3 aromatic rings. The Morgan fingerprint density at radius 1 is 1.00 bits per heavy atom. The fraction of sp³-hybridized carbons (Fsp3) is 0.0476. The molecule has 0 aromatic heterocycles. The molecule has 4 rings (SSSR count). The number of nitrogens with one attached hydrogen (secondary N) is 2. The van der Waals surface area contributed by atoms with Gasteiger partial charge in [0.25, 0.3) is 15.9 Å². The van der Waals surface area contributed by atoms with E-state index in [2.05, 4.69) is 10.1 Å². The van der Waals surface area contributed by atoms with E-state index in [1.807, 2.05) is 24.3 Å². The van der Waals surface area contributed by atoms with Crippen LogP contribution in [0.15, 0.2) is 87.5 Å². The minimum Gasteiger partial charge on any atom is -0.323 e. The summed E-state index contributed by atoms with van der Waals surface area (Å²) in [6, 6.07) is 20.3. The highest BCUT2D eigenvalue weighted by Crippen LogP contribution is 2.34. The van der Waals surface area contributed by atoms with Gasteiger partial charge in [-0.2, -0.15) is 0 Å². The molecule has 0 saturated heterocycles. The lowest BCUT2D eigenvalue weighted by molar-refractivity contribution is -0.117. The van der Waals surface area contributed by atoms with Crippen LogP contribution in [0.25, 0.3) is 0 Å². The van der Waals surface area contributed by atoms with Gasteiger partial charge in [-0.25, -0.2) is 8.42 Å². The number of hydrazine groups is 1. The van der Waals surface area contributed by atoms with Crippen LogP contribution < -0.4 is 10.1 Å². The Kier molecular flexibility index (Phi) is 6.01. The average Bonchev–Trinajstić information content (AvgIpc) is 2.75. The Balaban J connectivity index is 1.50. The Morgan fingerprint density at radius 2 is 1.68 bits per heavy atom. The lowest BCUT2D eigenvalue weighted by Gasteiger charge is -2.28. The van der Waals surface area contributed by atoms with E-state index in [1.54, 1.807) is 30.3 Å². The van der Waals surface area contributed by atoms with Crippen LogP contribution in [0, 0.1) is 0 Å². The lowest BCUT2D eigenvalue weighted by Crippen LogP contribution is -2.53. The molecule has 0 spiro atoms. The highest BCUT2D eigenvalue weighted by molar-refractivity contribution is 7.99. The van der Waals surface area contributed by atoms with E-state index in [4.69, 9.17) is 11.6 Å². The van der Waals surface area contributed by atoms with E-state index in [9.17, 15) is 18.0 Å². The number of fused-ring (bicyclic) bond motifs is 1. The van der Waals surface area contributed by atoms with E-state index >= 15 is 0 Å². The molecule has 3 aromatic carbocycles. The molecule has 31 heavy (non-hydrogen) atoms. The number of carbonyl (C=O) groups excluding carboxylic acids is 2. The number of hydrogen-bond acceptors (Lipinski definition) is 5. The zero-order valence-electron chi connectivity index (χ0n) is 15.9. The predicted octanol–water partition coefficient (Wildman–Crippen LogP) is 3.78. The van der Waals surface area contributed by atoms with Gasteiger partial charge in [0, 0.05) is 14.8 Å². The van der Waals surface area contributed by atoms with E-state index < -0.39 is 28.4 Å². The molecule has 0 radical (unpaired) electrons. The molecule has 7 nitrogen and oxygen atoms in total. The summed E-state index contributed by atoms with van der Waals surface area (Å²) in [6.07, 6.45) is 0. The molecule has 0 fully saturated rings. The molecule has 1 heterocycles. The molecule has 1 aliphatic rings. The van der Waals surface area contributed by atoms with Crippen molar-refractivity contribution in [3.8, 4) is 0 Å². The summed E-state index contributed by atoms with van der Waals surface area (Å²) >= 11 is 7.36. The fourth-order valence-corrected chi connectivity index (χ4v) is 5.25. The minimum atomic E-state index is -3.93. The molecule has 2 N–H and O–H groups in total. The first-order valence-electron chi connectivity index (χ1n) is 9.09. The Labute approximate surface area is 188 Å². The number of carbonyl (C=O) groups is 2. The first kappa shape index (κ1) is 21.4. The minimum absolute atomic E-state index is 0.0211. The molecule has 10 heteroatoms. The summed E-state index contributed by atoms with van der Waals surface area (Å²) in [6.45, 7) is -0.480. The van der Waals surface area contributed by atoms with Crippen molar-refractivity contribution in [3.05, 3.63) is 83.4 Å². The third kappa shape index (κ3) is 4.75. The van der Waals surface area contributed by atoms with E-state index in [-0.39, 0.29) is 10.5 Å². The van der Waals surface area contributed by atoms with Crippen LogP contribution in [-0.4, -0.2) is 31.8 Å². The van der Waals surface area contributed by atoms with Crippen molar-refractivity contribution in [2.45, 2.75) is 14.7 Å². The number of rotatable bonds is 5. The van der Waals surface area contributed by atoms with Gasteiger partial charge in [-0.05, 0) is 48.5 Å². The second kappa shape index (κ2) is 8.72. The Hall–Kier alpha value is -2.85. The van der Waals surface area contributed by atoms with Crippen molar-refractivity contribution in [1.29, 1.82) is 0 Å². The largest absolute Gasteiger partial charge is 0.323 e. The zero-order valence-corrected chi connectivity index (χ0v) is 18.3. The monoisotopic (exact) mass is 473 g/mol. The lowest BCUT2D eigenvalue weighted by atomic mass is 10.2. The van der Waals surface area contributed by atoms with E-state index in [0.717, 1.165) is 14.8 Å². The van der Waals surface area contributed by atoms with Crippen LogP contribution in [0.1, 0.15) is 10.4 Å². The normalized spacial score (nSPS) is 14.7. The predicted molar refractivity (Wildman–Crippen MR) is 118 cm³/mol. The van der Waals surface area contributed by atoms with Crippen molar-refractivity contribution in [2.75, 3.05) is 11.9 Å². The van der Waals surface area contributed by atoms with E-state index in [1.165, 1.54) is 30.0 Å². The Morgan fingerprint density at radius 3 is 2.45 bits per heavy atom. The van der Waals surface area contributed by atoms with Crippen LogP contribution in [0.2, 0.25) is 5.02 Å². The smallest absolute Gasteiger partial charge is 0.270 e. The van der Waals surface area contributed by atoms with Crippen molar-refractivity contribution in [2.24, 2.45) is 0 Å². The molecule has 0 aliphatic carbocycles. The third-order valence-electron chi connectivity index (χ3n) is 4.39. The molecular weight excluding hydrogens is 458 g/mol. The zero-order chi connectivity index (χ0) is 22.0. The van der Waals surface area contributed by atoms with Gasteiger partial charge in [-0.3, -0.25) is 14.6 Å². The van der Waals surface area contributed by atoms with Gasteiger partial charge in [-0.1, -0.05) is 47.6 Å². The number of para-hydroxylation sites is 1. The molecular formula is C21H16ClN3O4S2. The van der Waals surface area contributed by atoms with Gasteiger partial charge in [0.15, 0.2) is 0 Å². The number of halogens is 1. The summed E-state index contributed by atoms with van der Waals surface area (Å²) in [5.74, 6) is -1.14. The van der Waals surface area contributed by atoms with Crippen LogP contribution in [0.3, 0.4) is 0 Å². The second-order valence-electron chi connectivity index (χ2n) is 6.58. The second-order valence-corrected chi connectivity index (χ2v) is 9.76. The summed E-state index contributed by atoms with van der Waals surface area (Å²) in [4.78, 5) is 29.0. The highest BCUT2D eigenvalue weighted by Gasteiger charge is 2.34. The third-order valence-corrected chi connectivity index (χ3v) is 7.12. The van der Waals surface area contributed by atoms with Gasteiger partial charge < -0.3 is 5.32 Å². The fourth-order valence-electron chi connectivity index (χ4n) is 2.98. The Bertz CT molecular complexity index is 1260.